The molecule has 0 aromatic heterocycles. The molecule has 0 fully saturated rings. The zero-order chi connectivity index (χ0) is 29.3. The molecular formula is C36H46F2O3. The molecule has 5 heteroatoms. The van der Waals surface area contributed by atoms with E-state index in [0.717, 1.165) is 49.7 Å². The quantitative estimate of drug-likeness (QED) is 0.0825. The lowest BCUT2D eigenvalue weighted by Crippen LogP contribution is -2.10. The smallest absolute Gasteiger partial charge is 0.293 e. The van der Waals surface area contributed by atoms with Crippen molar-refractivity contribution in [1.82, 2.24) is 0 Å². The second-order valence-corrected chi connectivity index (χ2v) is 10.9. The van der Waals surface area contributed by atoms with Gasteiger partial charge in [-0.05, 0) is 48.1 Å². The van der Waals surface area contributed by atoms with Crippen LogP contribution in [0.25, 0.3) is 22.3 Å². The van der Waals surface area contributed by atoms with Crippen LogP contribution in [-0.2, 0) is 16.2 Å². The minimum absolute atomic E-state index is 0.0429. The van der Waals surface area contributed by atoms with E-state index in [1.165, 1.54) is 63.5 Å². The predicted octanol–water partition coefficient (Wildman–Crippen LogP) is 11.0. The number of carbonyl (C=O) groups excluding carboxylic acids is 1. The molecule has 0 aliphatic heterocycles. The van der Waals surface area contributed by atoms with E-state index in [4.69, 9.17) is 9.78 Å². The van der Waals surface area contributed by atoms with E-state index < -0.39 is 17.6 Å². The van der Waals surface area contributed by atoms with Crippen molar-refractivity contribution in [3.05, 3.63) is 83.4 Å². The summed E-state index contributed by atoms with van der Waals surface area (Å²) in [5.41, 5.74) is 2.00. The maximum absolute atomic E-state index is 16.0. The average Bonchev–Trinajstić information content (AvgIpc) is 2.98. The fraction of sp³-hybridized carbons (Fsp3) is 0.472. The summed E-state index contributed by atoms with van der Waals surface area (Å²) in [6.45, 7) is 4.64. The molecule has 0 saturated heterocycles. The van der Waals surface area contributed by atoms with E-state index in [1.54, 1.807) is 12.1 Å². The zero-order valence-electron chi connectivity index (χ0n) is 24.9. The van der Waals surface area contributed by atoms with Gasteiger partial charge >= 0.3 is 5.97 Å². The minimum Gasteiger partial charge on any atom is -0.293 e. The zero-order valence-corrected chi connectivity index (χ0v) is 24.9. The maximum atomic E-state index is 16.0. The molecule has 3 nitrogen and oxygen atoms in total. The topological polar surface area (TPSA) is 35.5 Å². The van der Waals surface area contributed by atoms with Gasteiger partial charge in [-0.3, -0.25) is 4.89 Å². The van der Waals surface area contributed by atoms with Crippen LogP contribution in [0.1, 0.15) is 113 Å². The Morgan fingerprint density at radius 2 is 1.29 bits per heavy atom. The summed E-state index contributed by atoms with van der Waals surface area (Å²) in [6.07, 6.45) is 15.5. The van der Waals surface area contributed by atoms with E-state index in [2.05, 4.69) is 13.8 Å². The molecule has 0 spiro atoms. The highest BCUT2D eigenvalue weighted by molar-refractivity contribution is 5.95. The Labute approximate surface area is 245 Å². The molecule has 3 aromatic carbocycles. The minimum atomic E-state index is -0.925. The number of unbranched alkanes of at least 4 members (excludes halogenated alkanes) is 11. The Hall–Kier alpha value is -3.05. The van der Waals surface area contributed by atoms with Crippen molar-refractivity contribution in [3.8, 4) is 22.3 Å². The molecule has 0 aliphatic carbocycles. The summed E-state index contributed by atoms with van der Waals surface area (Å²) >= 11 is 0. The summed E-state index contributed by atoms with van der Waals surface area (Å²) in [6, 6.07) is 17.2. The van der Waals surface area contributed by atoms with Crippen molar-refractivity contribution < 1.29 is 23.4 Å². The molecule has 0 aliphatic rings. The van der Waals surface area contributed by atoms with E-state index in [-0.39, 0.29) is 23.3 Å². The van der Waals surface area contributed by atoms with Crippen LogP contribution in [0.5, 0.6) is 0 Å². The van der Waals surface area contributed by atoms with Gasteiger partial charge in [0.25, 0.3) is 0 Å². The van der Waals surface area contributed by atoms with E-state index in [0.29, 0.717) is 5.56 Å². The van der Waals surface area contributed by atoms with Crippen molar-refractivity contribution in [2.24, 2.45) is 0 Å². The van der Waals surface area contributed by atoms with Gasteiger partial charge < -0.3 is 0 Å². The number of carbonyl (C=O) groups is 1. The van der Waals surface area contributed by atoms with Gasteiger partial charge in [0.2, 0.25) is 0 Å². The maximum Gasteiger partial charge on any atom is 0.376 e. The van der Waals surface area contributed by atoms with Crippen LogP contribution >= 0.6 is 0 Å². The number of halogens is 2. The molecule has 0 radical (unpaired) electrons. The third-order valence-electron chi connectivity index (χ3n) is 7.53. The van der Waals surface area contributed by atoms with Crippen molar-refractivity contribution in [2.75, 3.05) is 6.61 Å². The van der Waals surface area contributed by atoms with Crippen LogP contribution in [-0.4, -0.2) is 12.6 Å². The summed E-state index contributed by atoms with van der Waals surface area (Å²) in [4.78, 5) is 22.8. The Balaban J connectivity index is 1.73. The lowest BCUT2D eigenvalue weighted by atomic mass is 9.91. The normalized spacial score (nSPS) is 11.1. The monoisotopic (exact) mass is 564 g/mol. The first-order valence-electron chi connectivity index (χ1n) is 15.6. The standard InChI is InChI=1S/C36H46F2O3/c1-3-5-7-9-11-13-18-26-40-41-36(39)32-25-24-30(29-20-16-14-17-21-29)34(35(32)38)31-23-22-28(27-33(31)37)19-15-12-10-8-6-4-2/h14,16-17,20-25,27H,3-13,15,18-19,26H2,1-2H3. The molecule has 41 heavy (non-hydrogen) atoms. The Morgan fingerprint density at radius 1 is 0.683 bits per heavy atom. The molecule has 0 heterocycles. The van der Waals surface area contributed by atoms with Gasteiger partial charge in [-0.15, -0.1) is 0 Å². The van der Waals surface area contributed by atoms with Crippen LogP contribution in [0.2, 0.25) is 0 Å². The molecule has 0 bridgehead atoms. The van der Waals surface area contributed by atoms with Crippen molar-refractivity contribution in [1.29, 1.82) is 0 Å². The number of hydrogen-bond donors (Lipinski definition) is 0. The number of benzene rings is 3. The average molecular weight is 565 g/mol. The van der Waals surface area contributed by atoms with Gasteiger partial charge in [-0.25, -0.2) is 13.6 Å². The van der Waals surface area contributed by atoms with Crippen LogP contribution in [0, 0.1) is 11.6 Å². The largest absolute Gasteiger partial charge is 0.376 e. The first-order chi connectivity index (χ1) is 20.1. The number of hydrogen-bond acceptors (Lipinski definition) is 3. The summed E-state index contributed by atoms with van der Waals surface area (Å²) in [5.74, 6) is -2.25. The fourth-order valence-corrected chi connectivity index (χ4v) is 5.14. The predicted molar refractivity (Wildman–Crippen MR) is 164 cm³/mol. The number of rotatable bonds is 19. The van der Waals surface area contributed by atoms with Crippen LogP contribution in [0.3, 0.4) is 0 Å². The highest BCUT2D eigenvalue weighted by atomic mass is 19.1. The van der Waals surface area contributed by atoms with E-state index >= 15 is 8.78 Å². The molecular weight excluding hydrogens is 518 g/mol. The summed E-state index contributed by atoms with van der Waals surface area (Å²) in [5, 5.41) is 0. The molecule has 222 valence electrons. The SMILES string of the molecule is CCCCCCCCCOOC(=O)c1ccc(-c2ccccc2)c(-c2ccc(CCCCCCCC)cc2F)c1F. The third kappa shape index (κ3) is 10.4. The molecule has 0 saturated carbocycles. The Kier molecular flexibility index (Phi) is 14.6. The third-order valence-corrected chi connectivity index (χ3v) is 7.53. The van der Waals surface area contributed by atoms with Gasteiger partial charge in [0, 0.05) is 11.1 Å². The molecule has 3 aromatic rings. The highest BCUT2D eigenvalue weighted by Crippen LogP contribution is 2.37. The molecule has 0 amide bonds. The molecule has 0 unspecified atom stereocenters. The van der Waals surface area contributed by atoms with E-state index in [1.807, 2.05) is 36.4 Å². The molecule has 0 N–H and O–H groups in total. The van der Waals surface area contributed by atoms with Gasteiger partial charge in [0.05, 0.1) is 12.2 Å². The molecule has 0 atom stereocenters. The van der Waals surface area contributed by atoms with Crippen LogP contribution in [0.15, 0.2) is 60.7 Å². The van der Waals surface area contributed by atoms with E-state index in [9.17, 15) is 4.79 Å². The second kappa shape index (κ2) is 18.4. The summed E-state index contributed by atoms with van der Waals surface area (Å²) in [7, 11) is 0. The van der Waals surface area contributed by atoms with Crippen molar-refractivity contribution >= 4 is 5.97 Å². The molecule has 3 rings (SSSR count). The first-order valence-corrected chi connectivity index (χ1v) is 15.6. The van der Waals surface area contributed by atoms with Gasteiger partial charge in [-0.2, -0.15) is 4.89 Å². The Morgan fingerprint density at radius 3 is 1.95 bits per heavy atom. The first kappa shape index (κ1) is 32.5. The van der Waals surface area contributed by atoms with Crippen LogP contribution in [0.4, 0.5) is 8.78 Å². The summed E-state index contributed by atoms with van der Waals surface area (Å²) < 4.78 is 31.6. The van der Waals surface area contributed by atoms with Crippen LogP contribution < -0.4 is 0 Å². The van der Waals surface area contributed by atoms with Gasteiger partial charge in [0.1, 0.15) is 11.6 Å². The lowest BCUT2D eigenvalue weighted by molar-refractivity contribution is -0.241. The lowest BCUT2D eigenvalue weighted by Gasteiger charge is -2.15. The van der Waals surface area contributed by atoms with Crippen molar-refractivity contribution in [2.45, 2.75) is 104 Å². The second-order valence-electron chi connectivity index (χ2n) is 10.9. The highest BCUT2D eigenvalue weighted by Gasteiger charge is 2.24. The Bertz CT molecular complexity index is 1190. The fourth-order valence-electron chi connectivity index (χ4n) is 5.14. The van der Waals surface area contributed by atoms with Gasteiger partial charge in [-0.1, -0.05) is 133 Å². The van der Waals surface area contributed by atoms with Gasteiger partial charge in [0.15, 0.2) is 0 Å². The number of aryl methyl sites for hydroxylation is 1. The van der Waals surface area contributed by atoms with Crippen molar-refractivity contribution in [3.63, 3.8) is 0 Å².